The number of amides is 1. The van der Waals surface area contributed by atoms with Gasteiger partial charge in [0.05, 0.1) is 12.1 Å². The Morgan fingerprint density at radius 1 is 1.07 bits per heavy atom. The van der Waals surface area contributed by atoms with Crippen molar-refractivity contribution < 1.29 is 31.5 Å². The maximum absolute atomic E-state index is 13.6. The molecule has 10 heteroatoms. The van der Waals surface area contributed by atoms with Crippen LogP contribution in [-0.2, 0) is 14.8 Å². The highest BCUT2D eigenvalue weighted by Gasteiger charge is 2.24. The van der Waals surface area contributed by atoms with Gasteiger partial charge >= 0.3 is 0 Å². The highest BCUT2D eigenvalue weighted by Crippen LogP contribution is 2.16. The summed E-state index contributed by atoms with van der Waals surface area (Å²) in [5.74, 6) is -3.99. The molecule has 2 atom stereocenters. The van der Waals surface area contributed by atoms with Crippen molar-refractivity contribution in [1.29, 1.82) is 0 Å². The third-order valence-electron chi connectivity index (χ3n) is 3.65. The van der Waals surface area contributed by atoms with Gasteiger partial charge in [0, 0.05) is 6.54 Å². The van der Waals surface area contributed by atoms with Crippen LogP contribution in [0.4, 0.5) is 13.2 Å². The van der Waals surface area contributed by atoms with E-state index in [0.717, 1.165) is 30.3 Å². The molecule has 0 saturated carbocycles. The van der Waals surface area contributed by atoms with Crippen molar-refractivity contribution in [3.8, 4) is 0 Å². The summed E-state index contributed by atoms with van der Waals surface area (Å²) in [5.41, 5.74) is 0.0359. The Morgan fingerprint density at radius 2 is 1.74 bits per heavy atom. The molecule has 0 heterocycles. The summed E-state index contributed by atoms with van der Waals surface area (Å²) in [6.45, 7) is 0.868. The van der Waals surface area contributed by atoms with Crippen molar-refractivity contribution in [1.82, 2.24) is 10.0 Å². The molecule has 0 fully saturated rings. The lowest BCUT2D eigenvalue weighted by molar-refractivity contribution is -0.122. The Kier molecular flexibility index (Phi) is 6.58. The van der Waals surface area contributed by atoms with Gasteiger partial charge < -0.3 is 10.4 Å². The lowest BCUT2D eigenvalue weighted by Gasteiger charge is -2.17. The zero-order valence-corrected chi connectivity index (χ0v) is 14.9. The molecule has 1 unspecified atom stereocenters. The van der Waals surface area contributed by atoms with Gasteiger partial charge in [0.2, 0.25) is 15.9 Å². The van der Waals surface area contributed by atoms with E-state index in [0.29, 0.717) is 0 Å². The van der Waals surface area contributed by atoms with Crippen LogP contribution in [0.25, 0.3) is 0 Å². The normalized spacial score (nSPS) is 13.8. The molecule has 0 radical (unpaired) electrons. The van der Waals surface area contributed by atoms with Crippen LogP contribution in [0.5, 0.6) is 0 Å². The Labute approximate surface area is 154 Å². The summed E-state index contributed by atoms with van der Waals surface area (Å²) >= 11 is 0. The van der Waals surface area contributed by atoms with Crippen molar-refractivity contribution in [2.75, 3.05) is 6.54 Å². The van der Waals surface area contributed by atoms with Crippen LogP contribution in [0.1, 0.15) is 18.6 Å². The smallest absolute Gasteiger partial charge is 0.244 e. The van der Waals surface area contributed by atoms with E-state index in [2.05, 4.69) is 5.32 Å². The lowest BCUT2D eigenvalue weighted by atomic mass is 10.1. The third kappa shape index (κ3) is 5.28. The number of carbonyl (C=O) groups excluding carboxylic acids is 1. The molecule has 0 aliphatic rings. The second-order valence-corrected chi connectivity index (χ2v) is 7.39. The monoisotopic (exact) mass is 402 g/mol. The number of sulfonamides is 1. The summed E-state index contributed by atoms with van der Waals surface area (Å²) in [5, 5.41) is 12.2. The van der Waals surface area contributed by atoms with Gasteiger partial charge in [0.1, 0.15) is 10.7 Å². The Morgan fingerprint density at radius 3 is 2.37 bits per heavy atom. The van der Waals surface area contributed by atoms with Crippen LogP contribution >= 0.6 is 0 Å². The van der Waals surface area contributed by atoms with Crippen LogP contribution < -0.4 is 10.0 Å². The standard InChI is InChI=1S/C17H17F3N2O4S/c1-10(22-27(25,26)16-5-3-2-4-13(16)19)17(24)21-9-15(23)11-6-7-12(18)14(20)8-11/h2-8,10,15,22-23H,9H2,1H3,(H,21,24)/t10-,15?/m0/s1. The zero-order valence-electron chi connectivity index (χ0n) is 14.1. The van der Waals surface area contributed by atoms with Gasteiger partial charge in [-0.15, -0.1) is 0 Å². The van der Waals surface area contributed by atoms with Crippen LogP contribution in [0.2, 0.25) is 0 Å². The molecular formula is C17H17F3N2O4S. The number of aliphatic hydroxyl groups excluding tert-OH is 1. The third-order valence-corrected chi connectivity index (χ3v) is 5.22. The minimum Gasteiger partial charge on any atom is -0.387 e. The number of halogens is 3. The van der Waals surface area contributed by atoms with Crippen LogP contribution in [0, 0.1) is 17.5 Å². The Hall–Kier alpha value is -2.43. The van der Waals surface area contributed by atoms with Crippen molar-refractivity contribution in [2.45, 2.75) is 24.0 Å². The predicted octanol–water partition coefficient (Wildman–Crippen LogP) is 1.62. The first kappa shape index (κ1) is 20.9. The molecule has 146 valence electrons. The van der Waals surface area contributed by atoms with Gasteiger partial charge in [-0.1, -0.05) is 18.2 Å². The van der Waals surface area contributed by atoms with Gasteiger partial charge in [-0.3, -0.25) is 4.79 Å². The highest BCUT2D eigenvalue weighted by molar-refractivity contribution is 7.89. The molecule has 27 heavy (non-hydrogen) atoms. The molecule has 6 nitrogen and oxygen atoms in total. The summed E-state index contributed by atoms with van der Waals surface area (Å²) in [6, 6.07) is 6.18. The number of nitrogens with one attached hydrogen (secondary N) is 2. The summed E-state index contributed by atoms with van der Waals surface area (Å²) in [4.78, 5) is 11.4. The zero-order chi connectivity index (χ0) is 20.2. The van der Waals surface area contributed by atoms with Crippen molar-refractivity contribution >= 4 is 15.9 Å². The molecule has 0 bridgehead atoms. The fourth-order valence-corrected chi connectivity index (χ4v) is 3.48. The summed E-state index contributed by atoms with van der Waals surface area (Å²) in [6.07, 6.45) is -1.33. The first-order valence-corrected chi connectivity index (χ1v) is 9.27. The molecular weight excluding hydrogens is 385 g/mol. The van der Waals surface area contributed by atoms with Gasteiger partial charge in [-0.25, -0.2) is 21.6 Å². The van der Waals surface area contributed by atoms with Crippen molar-refractivity contribution in [3.63, 3.8) is 0 Å². The largest absolute Gasteiger partial charge is 0.387 e. The molecule has 0 aliphatic heterocycles. The topological polar surface area (TPSA) is 95.5 Å². The van der Waals surface area contributed by atoms with Gasteiger partial charge in [0.25, 0.3) is 0 Å². The predicted molar refractivity (Wildman–Crippen MR) is 90.5 cm³/mol. The highest BCUT2D eigenvalue weighted by atomic mass is 32.2. The maximum atomic E-state index is 13.6. The van der Waals surface area contributed by atoms with Crippen LogP contribution in [0.15, 0.2) is 47.4 Å². The van der Waals surface area contributed by atoms with Gasteiger partial charge in [-0.2, -0.15) is 4.72 Å². The average molecular weight is 402 g/mol. The van der Waals surface area contributed by atoms with Gasteiger partial charge in [0.15, 0.2) is 11.6 Å². The van der Waals surface area contributed by atoms with Crippen LogP contribution in [0.3, 0.4) is 0 Å². The molecule has 0 aromatic heterocycles. The Bertz CT molecular complexity index is 938. The number of benzene rings is 2. The molecule has 0 spiro atoms. The van der Waals surface area contributed by atoms with E-state index in [-0.39, 0.29) is 12.1 Å². The molecule has 1 amide bonds. The lowest BCUT2D eigenvalue weighted by Crippen LogP contribution is -2.45. The molecule has 2 aromatic rings. The molecule has 2 rings (SSSR count). The van der Waals surface area contributed by atoms with E-state index in [1.165, 1.54) is 19.1 Å². The molecule has 0 saturated heterocycles. The number of aliphatic hydroxyl groups is 1. The van der Waals surface area contributed by atoms with Crippen molar-refractivity contribution in [2.24, 2.45) is 0 Å². The average Bonchev–Trinajstić information content (AvgIpc) is 2.61. The minimum absolute atomic E-state index is 0.0359. The molecule has 2 aromatic carbocycles. The van der Waals surface area contributed by atoms with E-state index >= 15 is 0 Å². The number of carbonyl (C=O) groups is 1. The fraction of sp³-hybridized carbons (Fsp3) is 0.235. The maximum Gasteiger partial charge on any atom is 0.244 e. The fourth-order valence-electron chi connectivity index (χ4n) is 2.20. The van der Waals surface area contributed by atoms with E-state index in [4.69, 9.17) is 0 Å². The molecule has 3 N–H and O–H groups in total. The van der Waals surface area contributed by atoms with Crippen LogP contribution in [-0.4, -0.2) is 32.0 Å². The number of hydrogen-bond acceptors (Lipinski definition) is 4. The van der Waals surface area contributed by atoms with Crippen molar-refractivity contribution in [3.05, 3.63) is 65.5 Å². The quantitative estimate of drug-likeness (QED) is 0.656. The van der Waals surface area contributed by atoms with E-state index in [9.17, 15) is 31.5 Å². The van der Waals surface area contributed by atoms with E-state index in [1.807, 2.05) is 4.72 Å². The Balaban J connectivity index is 1.97. The second kappa shape index (κ2) is 8.51. The summed E-state index contributed by atoms with van der Waals surface area (Å²) in [7, 11) is -4.28. The number of hydrogen-bond donors (Lipinski definition) is 3. The minimum atomic E-state index is -4.28. The first-order valence-electron chi connectivity index (χ1n) is 7.79. The van der Waals surface area contributed by atoms with E-state index < -0.39 is 50.4 Å². The van der Waals surface area contributed by atoms with E-state index in [1.54, 1.807) is 0 Å². The number of rotatable bonds is 7. The second-order valence-electron chi connectivity index (χ2n) is 5.71. The molecule has 0 aliphatic carbocycles. The SMILES string of the molecule is C[C@H](NS(=O)(=O)c1ccccc1F)C(=O)NCC(O)c1ccc(F)c(F)c1. The first-order chi connectivity index (χ1) is 12.6. The van der Waals surface area contributed by atoms with Gasteiger partial charge in [-0.05, 0) is 36.8 Å². The summed E-state index contributed by atoms with van der Waals surface area (Å²) < 4.78 is 66.0.